The average molecular weight is 378 g/mol. The third kappa shape index (κ3) is 4.88. The van der Waals surface area contributed by atoms with E-state index in [1.165, 1.54) is 29.8 Å². The van der Waals surface area contributed by atoms with E-state index in [4.69, 9.17) is 4.84 Å². The molecule has 0 unspecified atom stereocenters. The van der Waals surface area contributed by atoms with E-state index in [-0.39, 0.29) is 17.1 Å². The van der Waals surface area contributed by atoms with Gasteiger partial charge in [0.05, 0.1) is 11.4 Å². The van der Waals surface area contributed by atoms with Crippen LogP contribution in [0.4, 0.5) is 15.8 Å². The molecule has 0 saturated carbocycles. The molecule has 2 N–H and O–H groups in total. The summed E-state index contributed by atoms with van der Waals surface area (Å²) in [5.74, 6) is -0.0547. The van der Waals surface area contributed by atoms with E-state index in [0.717, 1.165) is 0 Å². The Morgan fingerprint density at radius 2 is 1.46 bits per heavy atom. The first-order valence-corrected chi connectivity index (χ1v) is 9.02. The number of amides is 1. The Labute approximate surface area is 164 Å². The number of hydrogen-bond acceptors (Lipinski definition) is 3. The summed E-state index contributed by atoms with van der Waals surface area (Å²) in [5, 5.41) is 2.81. The van der Waals surface area contributed by atoms with Gasteiger partial charge in [-0.2, -0.15) is 0 Å². The van der Waals surface area contributed by atoms with Crippen molar-refractivity contribution < 1.29 is 14.0 Å². The summed E-state index contributed by atoms with van der Waals surface area (Å²) in [6.07, 6.45) is 0. The first kappa shape index (κ1) is 19.4. The van der Waals surface area contributed by atoms with Gasteiger partial charge in [-0.15, -0.1) is 0 Å². The quantitative estimate of drug-likeness (QED) is 0.553. The second-order valence-electron chi connectivity index (χ2n) is 7.49. The fraction of sp³-hybridized carbons (Fsp3) is 0.174. The monoisotopic (exact) mass is 378 g/mol. The van der Waals surface area contributed by atoms with Crippen molar-refractivity contribution in [3.8, 4) is 5.75 Å². The topological polar surface area (TPSA) is 50.4 Å². The zero-order valence-corrected chi connectivity index (χ0v) is 16.1. The number of rotatable bonds is 5. The first-order chi connectivity index (χ1) is 13.3. The SMILES string of the molecule is CC(C)(C)c1ccc(ONc2ccccc2NC(=O)c2ccc(F)cc2)cc1. The van der Waals surface area contributed by atoms with Crippen LogP contribution in [0.25, 0.3) is 0 Å². The lowest BCUT2D eigenvalue weighted by atomic mass is 9.87. The molecule has 3 rings (SSSR count). The molecule has 0 saturated heterocycles. The molecule has 0 atom stereocenters. The number of nitrogens with one attached hydrogen (secondary N) is 2. The number of para-hydroxylation sites is 2. The van der Waals surface area contributed by atoms with Gasteiger partial charge in [0.25, 0.3) is 5.91 Å². The lowest BCUT2D eigenvalue weighted by Gasteiger charge is -2.19. The van der Waals surface area contributed by atoms with Gasteiger partial charge < -0.3 is 10.2 Å². The van der Waals surface area contributed by atoms with Gasteiger partial charge in [-0.1, -0.05) is 45.0 Å². The minimum Gasteiger partial charge on any atom is -0.382 e. The molecule has 3 aromatic carbocycles. The van der Waals surface area contributed by atoms with Crippen LogP contribution in [-0.4, -0.2) is 5.91 Å². The number of anilines is 2. The summed E-state index contributed by atoms with van der Waals surface area (Å²) < 4.78 is 13.0. The Bertz CT molecular complexity index is 946. The molecule has 0 fully saturated rings. The maximum absolute atomic E-state index is 13.0. The molecule has 0 aliphatic heterocycles. The van der Waals surface area contributed by atoms with E-state index >= 15 is 0 Å². The third-order valence-electron chi connectivity index (χ3n) is 4.28. The van der Waals surface area contributed by atoms with Crippen LogP contribution in [0.1, 0.15) is 36.7 Å². The Balaban J connectivity index is 1.68. The smallest absolute Gasteiger partial charge is 0.255 e. The van der Waals surface area contributed by atoms with Gasteiger partial charge in [-0.3, -0.25) is 4.79 Å². The molecular formula is C23H23FN2O2. The Hall–Kier alpha value is -3.34. The van der Waals surface area contributed by atoms with Gasteiger partial charge >= 0.3 is 0 Å². The van der Waals surface area contributed by atoms with Gasteiger partial charge in [0, 0.05) is 5.56 Å². The van der Waals surface area contributed by atoms with Crippen molar-refractivity contribution in [1.29, 1.82) is 0 Å². The van der Waals surface area contributed by atoms with Crippen LogP contribution in [0.3, 0.4) is 0 Å². The molecule has 0 aliphatic carbocycles. The number of hydrogen-bond donors (Lipinski definition) is 2. The van der Waals surface area contributed by atoms with Crippen LogP contribution in [-0.2, 0) is 5.41 Å². The molecule has 0 aromatic heterocycles. The number of halogens is 1. The molecule has 0 radical (unpaired) electrons. The molecule has 5 heteroatoms. The van der Waals surface area contributed by atoms with Crippen molar-refractivity contribution in [2.45, 2.75) is 26.2 Å². The van der Waals surface area contributed by atoms with Gasteiger partial charge in [-0.05, 0) is 59.5 Å². The van der Waals surface area contributed by atoms with Crippen LogP contribution >= 0.6 is 0 Å². The summed E-state index contributed by atoms with van der Waals surface area (Å²) in [5.41, 5.74) is 5.70. The molecule has 0 heterocycles. The third-order valence-corrected chi connectivity index (χ3v) is 4.28. The lowest BCUT2D eigenvalue weighted by Crippen LogP contribution is -2.15. The molecule has 3 aromatic rings. The maximum atomic E-state index is 13.0. The molecule has 28 heavy (non-hydrogen) atoms. The molecule has 144 valence electrons. The summed E-state index contributed by atoms with van der Waals surface area (Å²) >= 11 is 0. The summed E-state index contributed by atoms with van der Waals surface area (Å²) in [4.78, 5) is 18.0. The van der Waals surface area contributed by atoms with Crippen molar-refractivity contribution in [2.75, 3.05) is 10.8 Å². The number of carbonyl (C=O) groups is 1. The largest absolute Gasteiger partial charge is 0.382 e. The van der Waals surface area contributed by atoms with Gasteiger partial charge in [0.15, 0.2) is 5.75 Å². The van der Waals surface area contributed by atoms with Crippen LogP contribution < -0.4 is 15.6 Å². The van der Waals surface area contributed by atoms with Gasteiger partial charge in [0.1, 0.15) is 5.82 Å². The van der Waals surface area contributed by atoms with Crippen LogP contribution in [0, 0.1) is 5.82 Å². The van der Waals surface area contributed by atoms with Crippen LogP contribution in [0.2, 0.25) is 0 Å². The van der Waals surface area contributed by atoms with Crippen molar-refractivity contribution in [3.63, 3.8) is 0 Å². The Morgan fingerprint density at radius 1 is 0.857 bits per heavy atom. The Kier molecular flexibility index (Phi) is 5.64. The molecule has 1 amide bonds. The standard InChI is InChI=1S/C23H23FN2O2/c1-23(2,3)17-10-14-19(15-11-17)28-26-21-7-5-4-6-20(21)25-22(27)16-8-12-18(24)13-9-16/h4-15,26H,1-3H3,(H,25,27). The maximum Gasteiger partial charge on any atom is 0.255 e. The highest BCUT2D eigenvalue weighted by molar-refractivity contribution is 6.05. The van der Waals surface area contributed by atoms with E-state index in [0.29, 0.717) is 22.7 Å². The first-order valence-electron chi connectivity index (χ1n) is 9.02. The molecular weight excluding hydrogens is 355 g/mol. The normalized spacial score (nSPS) is 11.0. The van der Waals surface area contributed by atoms with E-state index in [2.05, 4.69) is 31.6 Å². The summed E-state index contributed by atoms with van der Waals surface area (Å²) in [6.45, 7) is 6.46. The summed E-state index contributed by atoms with van der Waals surface area (Å²) in [6, 6.07) is 20.4. The highest BCUT2D eigenvalue weighted by Gasteiger charge is 2.13. The summed E-state index contributed by atoms with van der Waals surface area (Å²) in [7, 11) is 0. The highest BCUT2D eigenvalue weighted by atomic mass is 19.1. The second kappa shape index (κ2) is 8.13. The minimum atomic E-state index is -0.385. The van der Waals surface area contributed by atoms with Crippen LogP contribution in [0.15, 0.2) is 72.8 Å². The lowest BCUT2D eigenvalue weighted by molar-refractivity contribution is 0.102. The van der Waals surface area contributed by atoms with Gasteiger partial charge in [-0.25, -0.2) is 9.87 Å². The fourth-order valence-corrected chi connectivity index (χ4v) is 2.61. The average Bonchev–Trinajstić information content (AvgIpc) is 2.67. The van der Waals surface area contributed by atoms with E-state index in [9.17, 15) is 9.18 Å². The van der Waals surface area contributed by atoms with Crippen molar-refractivity contribution in [3.05, 3.63) is 89.7 Å². The predicted octanol–water partition coefficient (Wildman–Crippen LogP) is 5.78. The predicted molar refractivity (Wildman–Crippen MR) is 110 cm³/mol. The van der Waals surface area contributed by atoms with Crippen molar-refractivity contribution in [2.24, 2.45) is 0 Å². The van der Waals surface area contributed by atoms with Crippen molar-refractivity contribution >= 4 is 17.3 Å². The zero-order valence-electron chi connectivity index (χ0n) is 16.1. The van der Waals surface area contributed by atoms with Crippen molar-refractivity contribution in [1.82, 2.24) is 0 Å². The van der Waals surface area contributed by atoms with Crippen LogP contribution in [0.5, 0.6) is 5.75 Å². The number of benzene rings is 3. The molecule has 4 nitrogen and oxygen atoms in total. The zero-order chi connectivity index (χ0) is 20.1. The molecule has 0 spiro atoms. The second-order valence-corrected chi connectivity index (χ2v) is 7.49. The van der Waals surface area contributed by atoms with E-state index < -0.39 is 0 Å². The highest BCUT2D eigenvalue weighted by Crippen LogP contribution is 2.26. The number of carbonyl (C=O) groups excluding carboxylic acids is 1. The fourth-order valence-electron chi connectivity index (χ4n) is 2.61. The molecule has 0 aliphatic rings. The van der Waals surface area contributed by atoms with E-state index in [1.807, 2.05) is 36.4 Å². The Morgan fingerprint density at radius 3 is 2.07 bits per heavy atom. The molecule has 0 bridgehead atoms. The van der Waals surface area contributed by atoms with E-state index in [1.54, 1.807) is 12.1 Å². The minimum absolute atomic E-state index is 0.0726. The van der Waals surface area contributed by atoms with Gasteiger partial charge in [0.2, 0.25) is 0 Å².